The molecule has 36 nitrogen and oxygen atoms in total. The van der Waals surface area contributed by atoms with Crippen LogP contribution >= 0.6 is 0 Å². The molecule has 0 atom stereocenters. The number of pyridine rings is 3. The van der Waals surface area contributed by atoms with Crippen molar-refractivity contribution in [3.63, 3.8) is 0 Å². The van der Waals surface area contributed by atoms with Crippen molar-refractivity contribution >= 4 is 73.5 Å². The number of fused-ring (bicyclic) bond motifs is 9. The maximum Gasteiger partial charge on any atom is 0.342 e. The first-order valence-corrected chi connectivity index (χ1v) is 40.2. The van der Waals surface area contributed by atoms with Crippen LogP contribution in [-0.2, 0) is 16.1 Å². The number of halogens is 6. The largest absolute Gasteiger partial charge is 0.493 e. The molecule has 6 aromatic heterocycles. The van der Waals surface area contributed by atoms with E-state index in [0.29, 0.717) is 136 Å². The first-order valence-electron chi connectivity index (χ1n) is 40.2. The molecule has 0 aliphatic carbocycles. The van der Waals surface area contributed by atoms with Gasteiger partial charge < -0.3 is 93.0 Å². The minimum Gasteiger partial charge on any atom is -0.493 e. The number of ether oxygens (including phenoxy) is 13. The van der Waals surface area contributed by atoms with Crippen molar-refractivity contribution in [3.8, 4) is 103 Å². The predicted octanol–water partition coefficient (Wildman–Crippen LogP) is 13.1. The van der Waals surface area contributed by atoms with Crippen LogP contribution in [0.25, 0.3) is 49.8 Å². The maximum atomic E-state index is 15.5. The Hall–Kier alpha value is -17.9. The molecule has 7 N–H and O–H groups in total. The molecule has 3 aliphatic rings. The zero-order valence-corrected chi connectivity index (χ0v) is 71.3. The molecule has 135 heavy (non-hydrogen) atoms. The molecule has 0 radical (unpaired) electrons. The van der Waals surface area contributed by atoms with Gasteiger partial charge >= 0.3 is 29.0 Å². The maximum absolute atomic E-state index is 15.5. The van der Waals surface area contributed by atoms with Crippen LogP contribution in [0.5, 0.6) is 86.2 Å². The lowest BCUT2D eigenvalue weighted by atomic mass is 10.1. The summed E-state index contributed by atoms with van der Waals surface area (Å²) in [5.74, 6) is -3.85. The first kappa shape index (κ1) is 91.8. The molecule has 0 spiro atoms. The fourth-order valence-electron chi connectivity index (χ4n) is 13.8. The summed E-state index contributed by atoms with van der Waals surface area (Å²) in [5.41, 5.74) is -0.544. The highest BCUT2D eigenvalue weighted by Gasteiger charge is 2.31. The van der Waals surface area contributed by atoms with Gasteiger partial charge in [-0.2, -0.15) is 0 Å². The summed E-state index contributed by atoms with van der Waals surface area (Å²) in [7, 11) is 4.52. The molecular formula is C93H72F6N12O24. The molecule has 2 amide bonds. The number of aromatic nitrogens is 9. The second-order valence-electron chi connectivity index (χ2n) is 29.8. The fraction of sp³-hybridized carbons (Fsp3) is 0.151. The van der Waals surface area contributed by atoms with Crippen molar-refractivity contribution in [2.75, 3.05) is 77.3 Å². The number of aromatic amines is 2. The van der Waals surface area contributed by atoms with Crippen molar-refractivity contribution < 1.29 is 112 Å². The molecule has 0 fully saturated rings. The van der Waals surface area contributed by atoms with E-state index in [2.05, 4.69) is 35.6 Å². The first-order chi connectivity index (χ1) is 64.8. The third-order valence-electron chi connectivity index (χ3n) is 19.8. The normalized spacial score (nSPS) is 12.1. The number of carbonyl (C=O) groups excluding carboxylic acids is 3. The predicted molar refractivity (Wildman–Crippen MR) is 472 cm³/mol. The monoisotopic (exact) mass is 1850 g/mol. The number of esters is 1. The molecule has 0 saturated heterocycles. The molecular weight excluding hydrogens is 1780 g/mol. The van der Waals surface area contributed by atoms with Crippen molar-refractivity contribution in [1.29, 1.82) is 0 Å². The number of methoxy groups -OCH3 is 3. The third-order valence-corrected chi connectivity index (χ3v) is 19.8. The van der Waals surface area contributed by atoms with Crippen LogP contribution in [0, 0.1) is 34.9 Å². The van der Waals surface area contributed by atoms with Gasteiger partial charge in [0.15, 0.2) is 69.2 Å². The molecule has 9 aromatic carbocycles. The Kier molecular flexibility index (Phi) is 26.7. The highest BCUT2D eigenvalue weighted by atomic mass is 19.1. The molecule has 0 unspecified atom stereocenters. The number of hydrogen-bond donors (Lipinski definition) is 6. The number of nitrogen functional groups attached to an aromatic ring is 1. The van der Waals surface area contributed by atoms with Crippen molar-refractivity contribution in [3.05, 3.63) is 315 Å². The van der Waals surface area contributed by atoms with E-state index in [1.54, 1.807) is 70.5 Å². The molecule has 42 heteroatoms. The number of aromatic carboxylic acids is 1. The smallest absolute Gasteiger partial charge is 0.342 e. The van der Waals surface area contributed by atoms with E-state index < -0.39 is 121 Å². The Bertz CT molecular complexity index is 7600. The van der Waals surface area contributed by atoms with Crippen molar-refractivity contribution in [2.45, 2.75) is 32.9 Å². The average Bonchev–Trinajstić information content (AvgIpc) is 0.764. The minimum absolute atomic E-state index is 0.0159. The number of carboxylic acid groups (broad SMARTS) is 1. The number of hydrogen-bond acceptors (Lipinski definition) is 27. The summed E-state index contributed by atoms with van der Waals surface area (Å²) < 4.78 is 161. The van der Waals surface area contributed by atoms with Crippen LogP contribution in [-0.4, -0.2) is 139 Å². The summed E-state index contributed by atoms with van der Waals surface area (Å²) in [6.07, 6.45) is 7.22. The van der Waals surface area contributed by atoms with Crippen molar-refractivity contribution in [2.24, 2.45) is 0 Å². The highest BCUT2D eigenvalue weighted by Crippen LogP contribution is 2.52. The van der Waals surface area contributed by atoms with E-state index in [4.69, 9.17) is 72.4 Å². The van der Waals surface area contributed by atoms with Gasteiger partial charge in [-0.15, -0.1) is 0 Å². The van der Waals surface area contributed by atoms with E-state index >= 15 is 8.78 Å². The molecule has 15 aromatic rings. The Labute approximate surface area is 754 Å². The number of anilines is 3. The fourth-order valence-corrected chi connectivity index (χ4v) is 13.8. The quantitative estimate of drug-likeness (QED) is 0.0249. The van der Waals surface area contributed by atoms with Gasteiger partial charge in [-0.3, -0.25) is 48.3 Å². The Balaban J connectivity index is 0.000000146. The summed E-state index contributed by atoms with van der Waals surface area (Å²) in [6, 6.07) is 34.8. The molecule has 0 saturated carbocycles. The summed E-state index contributed by atoms with van der Waals surface area (Å²) in [4.78, 5) is 143. The van der Waals surface area contributed by atoms with E-state index in [9.17, 15) is 65.5 Å². The van der Waals surface area contributed by atoms with Gasteiger partial charge in [0.25, 0.3) is 28.5 Å². The number of benzene rings is 9. The van der Waals surface area contributed by atoms with Gasteiger partial charge in [0, 0.05) is 90.6 Å². The van der Waals surface area contributed by atoms with Crippen molar-refractivity contribution in [1.82, 2.24) is 43.2 Å². The van der Waals surface area contributed by atoms with Gasteiger partial charge in [-0.1, -0.05) is 0 Å². The molecule has 18 rings (SSSR count). The lowest BCUT2D eigenvalue weighted by molar-refractivity contribution is -0.155. The van der Waals surface area contributed by atoms with Gasteiger partial charge in [-0.25, -0.2) is 59.2 Å². The second-order valence-corrected chi connectivity index (χ2v) is 29.8. The topological polar surface area (TPSA) is 451 Å². The number of carboxylic acids is 1. The highest BCUT2D eigenvalue weighted by molar-refractivity contribution is 6.05. The van der Waals surface area contributed by atoms with Crippen LogP contribution < -0.4 is 107 Å². The number of H-pyrrole nitrogens is 2. The summed E-state index contributed by atoms with van der Waals surface area (Å²) in [6.45, 7) is 6.24. The minimum atomic E-state index is -1.45. The molecule has 690 valence electrons. The average molecular weight is 1860 g/mol. The van der Waals surface area contributed by atoms with Crippen LogP contribution in [0.3, 0.4) is 0 Å². The standard InChI is InChI=1S/C35H30F2N4O9.C29H20F2N4O7.C18H15FN2O4.C11H7FN2O4/c1-35(2,3)50-28(42)18-40-17-22(33(44)41(34(40)45)21-8-5-19(36)6-9-21)32(43)39-20-7-10-25(23(37)15-20)49-26-11-12-38-24-16-27(46-4)30-31(29(24)26)48-14-13-47-30;1-39-23-13-20-24(26-25(23)40-10-11-41-26)22(8-9-32-20)42-21-7-4-16(12-19(21)31)34-27(36)18-14-33-29(38)35(28(18)37)17-5-2-15(30)3-6-17;1-22-15-9-12-16(18-17(15)23-6-7-24-18)14(4-5-21-12)25-13-3-2-10(20)8-11(13)19;12-6-1-3-7(4-2-6)14-9(15)8(10(16)17)5-13-11(14)18/h5-12,15-17H,13-14,18H2,1-4H3,(H,39,43);2-9,12-14H,10-11H2,1H3,(H,33,38)(H,34,36);2-5,8-9H,6-7,20H2,1H3;1-5H,(H,13,18)(H,16,17). The molecule has 0 bridgehead atoms. The summed E-state index contributed by atoms with van der Waals surface area (Å²) in [5, 5.41) is 15.1. The zero-order chi connectivity index (χ0) is 95.8. The van der Waals surface area contributed by atoms with Gasteiger partial charge in [0.2, 0.25) is 17.2 Å². The van der Waals surface area contributed by atoms with Gasteiger partial charge in [0.05, 0.1) is 71.1 Å². The summed E-state index contributed by atoms with van der Waals surface area (Å²) >= 11 is 0. The number of rotatable bonds is 19. The number of nitrogens with one attached hydrogen (secondary N) is 4. The van der Waals surface area contributed by atoms with E-state index in [0.717, 1.165) is 71.7 Å². The van der Waals surface area contributed by atoms with Crippen LogP contribution in [0.4, 0.5) is 43.4 Å². The number of carbonyl (C=O) groups is 4. The van der Waals surface area contributed by atoms with Crippen LogP contribution in [0.15, 0.2) is 230 Å². The number of amides is 2. The lowest BCUT2D eigenvalue weighted by Crippen LogP contribution is -2.43. The van der Waals surface area contributed by atoms with E-state index in [-0.39, 0.29) is 70.4 Å². The van der Waals surface area contributed by atoms with Crippen LogP contribution in [0.2, 0.25) is 0 Å². The Morgan fingerprint density at radius 2 is 0.763 bits per heavy atom. The number of nitrogens with zero attached hydrogens (tertiary/aromatic N) is 7. The van der Waals surface area contributed by atoms with Crippen LogP contribution in [0.1, 0.15) is 51.8 Å². The Morgan fingerprint density at radius 3 is 1.13 bits per heavy atom. The molecule has 3 aliphatic heterocycles. The van der Waals surface area contributed by atoms with E-state index in [1.165, 1.54) is 105 Å². The molecule has 9 heterocycles. The zero-order valence-electron chi connectivity index (χ0n) is 71.3. The Morgan fingerprint density at radius 1 is 0.422 bits per heavy atom. The van der Waals surface area contributed by atoms with Gasteiger partial charge in [0.1, 0.15) is 103 Å². The number of nitrogens with two attached hydrogens (primary N) is 1. The third kappa shape index (κ3) is 20.0. The lowest BCUT2D eigenvalue weighted by Gasteiger charge is -2.23. The SMILES string of the molecule is COc1cc2nccc(Oc3ccc(N)cc3F)c2c2c1OCCO2.COc1cc2nccc(Oc3ccc(NC(=O)c4c[nH]c(=O)n(-c5ccc(F)cc5)c4=O)cc3F)c2c2c1OCCO2.COc1cc2nccc(Oc3ccc(NC(=O)c4cn(CC(=O)OC(C)(C)C)c(=O)n(-c5ccc(F)cc5)c4=O)cc3F)c2c2c1OCCO2.O=C(O)c1c[nH]c(=O)n(-c2ccc(F)cc2)c1=O. The van der Waals surface area contributed by atoms with E-state index in [1.807, 2.05) is 0 Å². The second kappa shape index (κ2) is 39.2. The van der Waals surface area contributed by atoms with Gasteiger partial charge in [-0.05, 0) is 148 Å².